The van der Waals surface area contributed by atoms with E-state index >= 15 is 0 Å². The van der Waals surface area contributed by atoms with Gasteiger partial charge in [0, 0.05) is 13.1 Å². The van der Waals surface area contributed by atoms with Gasteiger partial charge in [-0.05, 0) is 24.0 Å². The molecule has 0 radical (unpaired) electrons. The van der Waals surface area contributed by atoms with Crippen molar-refractivity contribution in [2.75, 3.05) is 6.54 Å². The first-order valence-corrected chi connectivity index (χ1v) is 5.16. The summed E-state index contributed by atoms with van der Waals surface area (Å²) in [5.41, 5.74) is 8.45. The van der Waals surface area contributed by atoms with Crippen molar-refractivity contribution in [3.8, 4) is 0 Å². The molecule has 0 atom stereocenters. The first kappa shape index (κ1) is 9.83. The SMILES string of the molecule is NN=C(N)N1CCCc2ccccc2C1. The molecule has 0 spiro atoms. The molecule has 4 nitrogen and oxygen atoms in total. The van der Waals surface area contributed by atoms with Crippen LogP contribution in [-0.2, 0) is 13.0 Å². The van der Waals surface area contributed by atoms with Gasteiger partial charge in [0.2, 0.25) is 5.96 Å². The summed E-state index contributed by atoms with van der Waals surface area (Å²) in [4.78, 5) is 2.02. The fraction of sp³-hybridized carbons (Fsp3) is 0.364. The highest BCUT2D eigenvalue weighted by Gasteiger charge is 2.14. The summed E-state index contributed by atoms with van der Waals surface area (Å²) >= 11 is 0. The molecule has 1 aliphatic heterocycles. The largest absolute Gasteiger partial charge is 0.368 e. The molecule has 1 aromatic carbocycles. The Kier molecular flexibility index (Phi) is 2.76. The van der Waals surface area contributed by atoms with Crippen LogP contribution in [0.3, 0.4) is 0 Å². The van der Waals surface area contributed by atoms with Gasteiger partial charge in [-0.2, -0.15) is 0 Å². The Morgan fingerprint density at radius 2 is 2.00 bits per heavy atom. The van der Waals surface area contributed by atoms with Gasteiger partial charge in [0.1, 0.15) is 0 Å². The molecule has 15 heavy (non-hydrogen) atoms. The molecular formula is C11H16N4. The van der Waals surface area contributed by atoms with Gasteiger partial charge in [-0.1, -0.05) is 24.3 Å². The van der Waals surface area contributed by atoms with Crippen LogP contribution in [0.2, 0.25) is 0 Å². The number of benzene rings is 1. The molecule has 1 aliphatic rings. The lowest BCUT2D eigenvalue weighted by Crippen LogP contribution is -2.37. The molecule has 1 aromatic rings. The lowest BCUT2D eigenvalue weighted by atomic mass is 10.0. The molecule has 80 valence electrons. The number of hydrogen-bond acceptors (Lipinski definition) is 2. The normalized spacial score (nSPS) is 17.1. The smallest absolute Gasteiger partial charge is 0.213 e. The van der Waals surface area contributed by atoms with Crippen LogP contribution >= 0.6 is 0 Å². The molecule has 0 saturated carbocycles. The van der Waals surface area contributed by atoms with Crippen LogP contribution in [0.5, 0.6) is 0 Å². The number of guanidine groups is 1. The Balaban J connectivity index is 2.25. The van der Waals surface area contributed by atoms with Crippen molar-refractivity contribution in [3.05, 3.63) is 35.4 Å². The van der Waals surface area contributed by atoms with E-state index in [9.17, 15) is 0 Å². The lowest BCUT2D eigenvalue weighted by Gasteiger charge is -2.20. The van der Waals surface area contributed by atoms with Gasteiger partial charge in [-0.3, -0.25) is 0 Å². The molecule has 0 fully saturated rings. The average Bonchev–Trinajstić information content (AvgIpc) is 2.49. The number of nitrogens with two attached hydrogens (primary N) is 2. The standard InChI is InChI=1S/C11H16N4/c12-11(14-13)15-7-3-6-9-4-1-2-5-10(9)8-15/h1-2,4-5H,3,6-8,13H2,(H2,12,14). The Morgan fingerprint density at radius 1 is 1.27 bits per heavy atom. The van der Waals surface area contributed by atoms with Crippen molar-refractivity contribution in [2.24, 2.45) is 16.7 Å². The van der Waals surface area contributed by atoms with E-state index in [-0.39, 0.29) is 0 Å². The van der Waals surface area contributed by atoms with Crippen molar-refractivity contribution in [1.82, 2.24) is 4.90 Å². The zero-order valence-electron chi connectivity index (χ0n) is 8.69. The molecule has 0 aromatic heterocycles. The second kappa shape index (κ2) is 4.21. The van der Waals surface area contributed by atoms with E-state index in [2.05, 4.69) is 29.4 Å². The molecular weight excluding hydrogens is 188 g/mol. The van der Waals surface area contributed by atoms with Crippen molar-refractivity contribution in [1.29, 1.82) is 0 Å². The van der Waals surface area contributed by atoms with E-state index in [4.69, 9.17) is 11.6 Å². The third-order valence-corrected chi connectivity index (χ3v) is 2.81. The van der Waals surface area contributed by atoms with E-state index in [1.165, 1.54) is 11.1 Å². The molecule has 4 heteroatoms. The van der Waals surface area contributed by atoms with Gasteiger partial charge >= 0.3 is 0 Å². The predicted octanol–water partition coefficient (Wildman–Crippen LogP) is 0.623. The Morgan fingerprint density at radius 3 is 2.73 bits per heavy atom. The number of rotatable bonds is 0. The second-order valence-corrected chi connectivity index (χ2v) is 3.78. The van der Waals surface area contributed by atoms with Crippen LogP contribution in [0.4, 0.5) is 0 Å². The minimum atomic E-state index is 0.423. The maximum atomic E-state index is 5.73. The van der Waals surface area contributed by atoms with Crippen LogP contribution in [0.15, 0.2) is 29.4 Å². The molecule has 0 amide bonds. The van der Waals surface area contributed by atoms with Crippen LogP contribution in [0, 0.1) is 0 Å². The van der Waals surface area contributed by atoms with Gasteiger partial charge < -0.3 is 16.5 Å². The maximum Gasteiger partial charge on any atom is 0.213 e. The summed E-state index contributed by atoms with van der Waals surface area (Å²) in [6.07, 6.45) is 2.19. The summed E-state index contributed by atoms with van der Waals surface area (Å²) in [7, 11) is 0. The number of hydrazone groups is 1. The summed E-state index contributed by atoms with van der Waals surface area (Å²) in [6.45, 7) is 1.73. The average molecular weight is 204 g/mol. The minimum absolute atomic E-state index is 0.423. The second-order valence-electron chi connectivity index (χ2n) is 3.78. The fourth-order valence-corrected chi connectivity index (χ4v) is 1.98. The molecule has 0 bridgehead atoms. The number of fused-ring (bicyclic) bond motifs is 1. The van der Waals surface area contributed by atoms with Crippen molar-refractivity contribution >= 4 is 5.96 Å². The van der Waals surface area contributed by atoms with E-state index in [0.717, 1.165) is 25.9 Å². The number of hydrogen-bond donors (Lipinski definition) is 2. The van der Waals surface area contributed by atoms with Crippen molar-refractivity contribution < 1.29 is 0 Å². The van der Waals surface area contributed by atoms with Gasteiger partial charge in [-0.15, -0.1) is 5.10 Å². The molecule has 0 unspecified atom stereocenters. The van der Waals surface area contributed by atoms with E-state index in [1.807, 2.05) is 4.90 Å². The van der Waals surface area contributed by atoms with E-state index < -0.39 is 0 Å². The lowest BCUT2D eigenvalue weighted by molar-refractivity contribution is 0.411. The summed E-state index contributed by atoms with van der Waals surface area (Å²) in [6, 6.07) is 8.44. The van der Waals surface area contributed by atoms with Crippen LogP contribution in [0.1, 0.15) is 17.5 Å². The summed E-state index contributed by atoms with van der Waals surface area (Å²) in [5, 5.41) is 3.55. The number of aryl methyl sites for hydroxylation is 1. The molecule has 0 aliphatic carbocycles. The Hall–Kier alpha value is -1.71. The van der Waals surface area contributed by atoms with Crippen LogP contribution in [-0.4, -0.2) is 17.4 Å². The maximum absolute atomic E-state index is 5.73. The van der Waals surface area contributed by atoms with Gasteiger partial charge in [0.05, 0.1) is 0 Å². The highest BCUT2D eigenvalue weighted by molar-refractivity contribution is 5.77. The van der Waals surface area contributed by atoms with Crippen LogP contribution in [0.25, 0.3) is 0 Å². The first-order chi connectivity index (χ1) is 7.31. The molecule has 4 N–H and O–H groups in total. The zero-order valence-corrected chi connectivity index (χ0v) is 8.69. The number of nitrogens with zero attached hydrogens (tertiary/aromatic N) is 2. The monoisotopic (exact) mass is 204 g/mol. The van der Waals surface area contributed by atoms with Gasteiger partial charge in [0.25, 0.3) is 0 Å². The highest BCUT2D eigenvalue weighted by atomic mass is 15.3. The molecule has 2 rings (SSSR count). The topological polar surface area (TPSA) is 67.6 Å². The summed E-state index contributed by atoms with van der Waals surface area (Å²) < 4.78 is 0. The highest BCUT2D eigenvalue weighted by Crippen LogP contribution is 2.17. The minimum Gasteiger partial charge on any atom is -0.368 e. The zero-order chi connectivity index (χ0) is 10.7. The van der Waals surface area contributed by atoms with Gasteiger partial charge in [0.15, 0.2) is 0 Å². The quantitative estimate of drug-likeness (QED) is 0.282. The van der Waals surface area contributed by atoms with E-state index in [0.29, 0.717) is 5.96 Å². The van der Waals surface area contributed by atoms with Crippen molar-refractivity contribution in [2.45, 2.75) is 19.4 Å². The van der Waals surface area contributed by atoms with Crippen molar-refractivity contribution in [3.63, 3.8) is 0 Å². The summed E-state index contributed by atoms with van der Waals surface area (Å²) in [5.74, 6) is 5.62. The third kappa shape index (κ3) is 2.03. The van der Waals surface area contributed by atoms with Crippen LogP contribution < -0.4 is 11.6 Å². The first-order valence-electron chi connectivity index (χ1n) is 5.16. The predicted molar refractivity (Wildman–Crippen MR) is 61.0 cm³/mol. The molecule has 1 heterocycles. The Labute approximate surface area is 89.6 Å². The van der Waals surface area contributed by atoms with Gasteiger partial charge in [-0.25, -0.2) is 0 Å². The molecule has 0 saturated heterocycles. The third-order valence-electron chi connectivity index (χ3n) is 2.81. The fourth-order valence-electron chi connectivity index (χ4n) is 1.98. The van der Waals surface area contributed by atoms with E-state index in [1.54, 1.807) is 0 Å². The Bertz CT molecular complexity index is 373.